The molecule has 0 saturated carbocycles. The van der Waals surface area contributed by atoms with E-state index < -0.39 is 18.0 Å². The molecule has 1 aromatic heterocycles. The maximum atomic E-state index is 14.0. The van der Waals surface area contributed by atoms with Gasteiger partial charge >= 0.3 is 12.3 Å². The number of alkyl halides is 4. The Balaban J connectivity index is 1.97. The van der Waals surface area contributed by atoms with Crippen LogP contribution in [-0.2, 0) is 12.5 Å². The van der Waals surface area contributed by atoms with Gasteiger partial charge in [-0.1, -0.05) is 36.3 Å². The number of benzene rings is 2. The molecule has 0 aliphatic carbocycles. The van der Waals surface area contributed by atoms with Crippen LogP contribution in [0.2, 0.25) is 0 Å². The van der Waals surface area contributed by atoms with Gasteiger partial charge in [0, 0.05) is 16.7 Å². The fourth-order valence-electron chi connectivity index (χ4n) is 3.22. The van der Waals surface area contributed by atoms with E-state index in [-0.39, 0.29) is 12.2 Å². The second kappa shape index (κ2) is 6.64. The molecular formula is C21H13F4N3. The zero-order valence-corrected chi connectivity index (χ0v) is 14.4. The Bertz CT molecular complexity index is 1110. The third-order valence-corrected chi connectivity index (χ3v) is 4.57. The quantitative estimate of drug-likeness (QED) is 0.482. The van der Waals surface area contributed by atoms with Crippen LogP contribution in [-0.4, -0.2) is 21.7 Å². The van der Waals surface area contributed by atoms with Crippen LogP contribution in [0.4, 0.5) is 17.6 Å². The Kier molecular flexibility index (Phi) is 4.27. The molecule has 28 heavy (non-hydrogen) atoms. The van der Waals surface area contributed by atoms with Crippen molar-refractivity contribution in [2.75, 3.05) is 0 Å². The van der Waals surface area contributed by atoms with E-state index in [4.69, 9.17) is 6.42 Å². The molecule has 3 nitrogen and oxygen atoms in total. The number of fused-ring (bicyclic) bond motifs is 3. The summed E-state index contributed by atoms with van der Waals surface area (Å²) in [6.45, 7) is -0.220. The molecule has 0 saturated heterocycles. The second-order valence-corrected chi connectivity index (χ2v) is 6.24. The summed E-state index contributed by atoms with van der Waals surface area (Å²) in [5, 5.41) is 0. The van der Waals surface area contributed by atoms with Gasteiger partial charge in [-0.3, -0.25) is 4.99 Å². The number of terminal acetylenes is 1. The molecule has 0 fully saturated rings. The van der Waals surface area contributed by atoms with Gasteiger partial charge in [-0.05, 0) is 18.2 Å². The fraction of sp³-hybridized carbons (Fsp3) is 0.143. The largest absolute Gasteiger partial charge is 0.350 e. The first-order valence-electron chi connectivity index (χ1n) is 8.37. The number of rotatable bonds is 3. The maximum Gasteiger partial charge on any atom is 0.350 e. The molecule has 0 spiro atoms. The van der Waals surface area contributed by atoms with Crippen molar-refractivity contribution in [1.82, 2.24) is 9.55 Å². The first kappa shape index (κ1) is 18.0. The number of hydrogen-bond donors (Lipinski definition) is 0. The topological polar surface area (TPSA) is 30.2 Å². The predicted octanol–water partition coefficient (Wildman–Crippen LogP) is 4.56. The third kappa shape index (κ3) is 2.78. The Morgan fingerprint density at radius 1 is 1.11 bits per heavy atom. The molecule has 0 amide bonds. The van der Waals surface area contributed by atoms with E-state index in [1.54, 1.807) is 18.2 Å². The van der Waals surface area contributed by atoms with Crippen molar-refractivity contribution in [2.45, 2.75) is 18.9 Å². The first-order valence-corrected chi connectivity index (χ1v) is 8.37. The van der Waals surface area contributed by atoms with Crippen LogP contribution in [0, 0.1) is 12.3 Å². The smallest absolute Gasteiger partial charge is 0.300 e. The average Bonchev–Trinajstić information content (AvgIpc) is 3.06. The fourth-order valence-corrected chi connectivity index (χ4v) is 3.22. The molecule has 0 bridgehead atoms. The van der Waals surface area contributed by atoms with E-state index >= 15 is 0 Å². The molecule has 4 rings (SSSR count). The van der Waals surface area contributed by atoms with Crippen LogP contribution >= 0.6 is 0 Å². The number of halogens is 4. The highest BCUT2D eigenvalue weighted by molar-refractivity contribution is 6.15. The third-order valence-electron chi connectivity index (χ3n) is 4.57. The van der Waals surface area contributed by atoms with Gasteiger partial charge in [0.2, 0.25) is 0 Å². The van der Waals surface area contributed by atoms with Crippen molar-refractivity contribution in [2.24, 2.45) is 4.99 Å². The van der Waals surface area contributed by atoms with Gasteiger partial charge in [0.05, 0.1) is 23.6 Å². The van der Waals surface area contributed by atoms with Crippen LogP contribution in [0.3, 0.4) is 0 Å². The highest BCUT2D eigenvalue weighted by atomic mass is 19.3. The van der Waals surface area contributed by atoms with Crippen LogP contribution in [0.25, 0.3) is 5.69 Å². The van der Waals surface area contributed by atoms with E-state index in [9.17, 15) is 17.6 Å². The summed E-state index contributed by atoms with van der Waals surface area (Å²) in [5.74, 6) is -1.83. The minimum atomic E-state index is -4.37. The molecule has 1 aliphatic rings. The summed E-state index contributed by atoms with van der Waals surface area (Å²) in [6, 6.07) is 14.2. The predicted molar refractivity (Wildman–Crippen MR) is 97.2 cm³/mol. The number of nitrogens with zero attached hydrogens (tertiary/aromatic N) is 3. The molecule has 7 heteroatoms. The molecule has 0 radical (unpaired) electrons. The molecule has 1 aliphatic heterocycles. The van der Waals surface area contributed by atoms with Crippen LogP contribution in [0.1, 0.15) is 28.1 Å². The molecule has 2 aromatic carbocycles. The zero-order valence-electron chi connectivity index (χ0n) is 14.4. The molecule has 140 valence electrons. The molecule has 0 N–H and O–H groups in total. The van der Waals surface area contributed by atoms with E-state index in [2.05, 4.69) is 15.9 Å². The molecule has 2 heterocycles. The Morgan fingerprint density at radius 2 is 1.86 bits per heavy atom. The summed E-state index contributed by atoms with van der Waals surface area (Å²) in [6.07, 6.45) is 2.76. The SMILES string of the molecule is C#Cc1ccc2c(c1)C(c1ccccc1)=NCc1c(C(F)(F)C(F)F)ncn1-2. The number of hydrogen-bond acceptors (Lipinski definition) is 2. The van der Waals surface area contributed by atoms with E-state index in [0.717, 1.165) is 11.9 Å². The van der Waals surface area contributed by atoms with Crippen molar-refractivity contribution in [3.8, 4) is 18.0 Å². The molecule has 0 atom stereocenters. The summed E-state index contributed by atoms with van der Waals surface area (Å²) in [5.41, 5.74) is 1.96. The molecule has 3 aromatic rings. The minimum Gasteiger partial charge on any atom is -0.300 e. The second-order valence-electron chi connectivity index (χ2n) is 6.24. The van der Waals surface area contributed by atoms with E-state index in [1.165, 1.54) is 4.57 Å². The normalized spacial score (nSPS) is 13.4. The van der Waals surface area contributed by atoms with Crippen molar-refractivity contribution in [1.29, 1.82) is 0 Å². The standard InChI is InChI=1S/C21H13F4N3/c1-2-13-8-9-16-15(10-13)18(14-6-4-3-5-7-14)26-11-17-19(27-12-28(16)17)21(24,25)20(22)23/h1,3-10,12,20H,11H2. The van der Waals surface area contributed by atoms with Crippen LogP contribution in [0.5, 0.6) is 0 Å². The summed E-state index contributed by atoms with van der Waals surface area (Å²) in [7, 11) is 0. The average molecular weight is 383 g/mol. The van der Waals surface area contributed by atoms with Crippen molar-refractivity contribution >= 4 is 5.71 Å². The van der Waals surface area contributed by atoms with Gasteiger partial charge in [-0.2, -0.15) is 8.78 Å². The maximum absolute atomic E-state index is 14.0. The lowest BCUT2D eigenvalue weighted by atomic mass is 9.98. The molecule has 0 unspecified atom stereocenters. The zero-order chi connectivity index (χ0) is 19.9. The number of aliphatic imine (C=N–C) groups is 1. The van der Waals surface area contributed by atoms with Gasteiger partial charge in [-0.25, -0.2) is 13.8 Å². The highest BCUT2D eigenvalue weighted by Crippen LogP contribution is 2.38. The first-order chi connectivity index (χ1) is 13.4. The van der Waals surface area contributed by atoms with Gasteiger partial charge in [0.15, 0.2) is 0 Å². The highest BCUT2D eigenvalue weighted by Gasteiger charge is 2.47. The summed E-state index contributed by atoms with van der Waals surface area (Å²) < 4.78 is 55.3. The van der Waals surface area contributed by atoms with Crippen molar-refractivity contribution in [3.63, 3.8) is 0 Å². The lowest BCUT2D eigenvalue weighted by molar-refractivity contribution is -0.138. The Labute approximate surface area is 158 Å². The number of imidazole rings is 1. The Hall–Kier alpha value is -3.40. The Morgan fingerprint density at radius 3 is 2.54 bits per heavy atom. The minimum absolute atomic E-state index is 0.0778. The van der Waals surface area contributed by atoms with Crippen molar-refractivity contribution in [3.05, 3.63) is 82.9 Å². The van der Waals surface area contributed by atoms with Gasteiger partial charge in [0.25, 0.3) is 0 Å². The van der Waals surface area contributed by atoms with Gasteiger partial charge < -0.3 is 4.57 Å². The summed E-state index contributed by atoms with van der Waals surface area (Å²) >= 11 is 0. The van der Waals surface area contributed by atoms with Gasteiger partial charge in [0.1, 0.15) is 12.0 Å². The summed E-state index contributed by atoms with van der Waals surface area (Å²) in [4.78, 5) is 8.06. The lowest BCUT2D eigenvalue weighted by Crippen LogP contribution is -2.25. The van der Waals surface area contributed by atoms with Crippen molar-refractivity contribution < 1.29 is 17.6 Å². The monoisotopic (exact) mass is 383 g/mol. The van der Waals surface area contributed by atoms with Gasteiger partial charge in [-0.15, -0.1) is 6.42 Å². The lowest BCUT2D eigenvalue weighted by Gasteiger charge is -2.15. The molecular weight excluding hydrogens is 370 g/mol. The van der Waals surface area contributed by atoms with Crippen LogP contribution in [0.15, 0.2) is 59.9 Å². The van der Waals surface area contributed by atoms with E-state index in [0.29, 0.717) is 22.5 Å². The number of aromatic nitrogens is 2. The van der Waals surface area contributed by atoms with E-state index in [1.807, 2.05) is 30.3 Å². The van der Waals surface area contributed by atoms with Crippen LogP contribution < -0.4 is 0 Å².